The fourth-order valence-electron chi connectivity index (χ4n) is 6.39. The smallest absolute Gasteiger partial charge is 0.330 e. The van der Waals surface area contributed by atoms with E-state index in [1.165, 1.54) is 76.4 Å². The lowest BCUT2D eigenvalue weighted by molar-refractivity contribution is -0.230. The molecule has 3 fully saturated rings. The van der Waals surface area contributed by atoms with Crippen molar-refractivity contribution in [3.63, 3.8) is 0 Å². The highest BCUT2D eigenvalue weighted by atomic mass is 16.7. The Morgan fingerprint density at radius 3 is 1.84 bits per heavy atom. The number of methoxy groups -OCH3 is 2. The number of ether oxygens (including phenoxy) is 6. The fraction of sp³-hybridized carbons (Fsp3) is 0.806. The van der Waals surface area contributed by atoms with Gasteiger partial charge in [-0.3, -0.25) is 4.79 Å². The van der Waals surface area contributed by atoms with Gasteiger partial charge >= 0.3 is 5.97 Å². The quantitative estimate of drug-likeness (QED) is 0.0676. The predicted molar refractivity (Wildman–Crippen MR) is 176 cm³/mol. The van der Waals surface area contributed by atoms with Gasteiger partial charge in [0.1, 0.15) is 12.6 Å². The third kappa shape index (κ3) is 20.0. The van der Waals surface area contributed by atoms with E-state index in [4.69, 9.17) is 28.5 Å². The molecule has 1 aliphatic heterocycles. The minimum atomic E-state index is -0.327. The third-order valence-corrected chi connectivity index (χ3v) is 8.99. The number of carbonyl (C=O) groups is 3. The van der Waals surface area contributed by atoms with E-state index in [1.54, 1.807) is 14.2 Å². The van der Waals surface area contributed by atoms with Crippen molar-refractivity contribution in [3.8, 4) is 0 Å². The molecule has 9 heteroatoms. The number of hydrogen-bond donors (Lipinski definition) is 0. The molecule has 0 aromatic carbocycles. The van der Waals surface area contributed by atoms with Crippen LogP contribution in [0, 0.1) is 29.6 Å². The topological polar surface area (TPSA) is 107 Å². The molecule has 3 rings (SSSR count). The van der Waals surface area contributed by atoms with E-state index in [0.29, 0.717) is 44.4 Å². The molecule has 0 bridgehead atoms. The first-order valence-electron chi connectivity index (χ1n) is 17.1. The van der Waals surface area contributed by atoms with E-state index in [2.05, 4.69) is 17.9 Å². The van der Waals surface area contributed by atoms with Crippen LogP contribution in [0.5, 0.6) is 0 Å². The van der Waals surface area contributed by atoms with Crippen LogP contribution < -0.4 is 0 Å². The normalized spacial score (nSPS) is 26.2. The summed E-state index contributed by atoms with van der Waals surface area (Å²) in [5.74, 6) is 3.34. The van der Waals surface area contributed by atoms with Crippen LogP contribution in [0.3, 0.4) is 0 Å². The zero-order chi connectivity index (χ0) is 33.0. The Morgan fingerprint density at radius 2 is 1.31 bits per heavy atom. The summed E-state index contributed by atoms with van der Waals surface area (Å²) in [6.45, 7) is 11.6. The molecule has 3 aliphatic rings. The zero-order valence-corrected chi connectivity index (χ0v) is 28.2. The van der Waals surface area contributed by atoms with Gasteiger partial charge in [-0.1, -0.05) is 32.4 Å². The first-order chi connectivity index (χ1) is 22.0. The second-order valence-electron chi connectivity index (χ2n) is 12.3. The van der Waals surface area contributed by atoms with Crippen molar-refractivity contribution < 1.29 is 42.8 Å². The molecule has 260 valence electrons. The van der Waals surface area contributed by atoms with Crippen LogP contribution in [0.4, 0.5) is 0 Å². The summed E-state index contributed by atoms with van der Waals surface area (Å²) in [6.07, 6.45) is 20.6. The maximum Gasteiger partial charge on any atom is 0.330 e. The highest BCUT2D eigenvalue weighted by Crippen LogP contribution is 2.43. The van der Waals surface area contributed by atoms with Gasteiger partial charge in [0.05, 0.1) is 39.6 Å². The lowest BCUT2D eigenvalue weighted by Crippen LogP contribution is -2.39. The van der Waals surface area contributed by atoms with Gasteiger partial charge < -0.3 is 33.2 Å². The lowest BCUT2D eigenvalue weighted by atomic mass is 9.69. The Hall–Kier alpha value is -1.91. The molecule has 0 amide bonds. The zero-order valence-electron chi connectivity index (χ0n) is 28.2. The molecule has 1 heterocycles. The van der Waals surface area contributed by atoms with Crippen molar-refractivity contribution in [1.82, 2.24) is 0 Å². The fourth-order valence-corrected chi connectivity index (χ4v) is 6.39. The maximum atomic E-state index is 11.0. The van der Waals surface area contributed by atoms with Crippen molar-refractivity contribution in [1.29, 1.82) is 0 Å². The number of hydrogen-bond acceptors (Lipinski definition) is 9. The van der Waals surface area contributed by atoms with Crippen molar-refractivity contribution in [2.75, 3.05) is 60.5 Å². The number of unbranched alkanes of at least 4 members (excludes halogenated alkanes) is 3. The molecule has 0 spiro atoms. The molecule has 1 saturated heterocycles. The highest BCUT2D eigenvalue weighted by molar-refractivity contribution is 5.81. The van der Waals surface area contributed by atoms with Gasteiger partial charge in [-0.05, 0) is 88.0 Å². The molecule has 0 radical (unpaired) electrons. The van der Waals surface area contributed by atoms with Crippen LogP contribution in [0.2, 0.25) is 0 Å². The molecule has 0 N–H and O–H groups in total. The summed E-state index contributed by atoms with van der Waals surface area (Å²) < 4.78 is 32.8. The molecule has 2 aliphatic carbocycles. The number of rotatable bonds is 19. The van der Waals surface area contributed by atoms with Crippen molar-refractivity contribution in [3.05, 3.63) is 25.3 Å². The van der Waals surface area contributed by atoms with Crippen LogP contribution in [0.1, 0.15) is 89.9 Å². The Bertz CT molecular complexity index is 744. The van der Waals surface area contributed by atoms with Crippen LogP contribution in [-0.4, -0.2) is 85.3 Å². The van der Waals surface area contributed by atoms with Crippen molar-refractivity contribution >= 4 is 18.5 Å². The Morgan fingerprint density at radius 1 is 0.733 bits per heavy atom. The molecule has 0 atom stereocenters. The average Bonchev–Trinajstić information content (AvgIpc) is 3.09. The Balaban J connectivity index is 0.000000878. The maximum absolute atomic E-state index is 11.0. The molecule has 0 unspecified atom stereocenters. The van der Waals surface area contributed by atoms with Crippen LogP contribution >= 0.6 is 0 Å². The monoisotopic (exact) mass is 638 g/mol. The number of esters is 1. The summed E-state index contributed by atoms with van der Waals surface area (Å²) in [7, 11) is 3.30. The predicted octanol–water partition coefficient (Wildman–Crippen LogP) is 6.52. The molecule has 0 aromatic heterocycles. The van der Waals surface area contributed by atoms with Gasteiger partial charge in [0.15, 0.2) is 6.29 Å². The van der Waals surface area contributed by atoms with E-state index >= 15 is 0 Å². The van der Waals surface area contributed by atoms with Crippen LogP contribution in [-0.2, 0) is 42.8 Å². The second kappa shape index (κ2) is 28.3. The summed E-state index contributed by atoms with van der Waals surface area (Å²) in [6, 6.07) is 0. The molecule has 0 aromatic rings. The van der Waals surface area contributed by atoms with Gasteiger partial charge in [0, 0.05) is 45.2 Å². The third-order valence-electron chi connectivity index (χ3n) is 8.99. The minimum Gasteiger partial charge on any atom is -0.463 e. The largest absolute Gasteiger partial charge is 0.463 e. The van der Waals surface area contributed by atoms with Crippen LogP contribution in [0.25, 0.3) is 0 Å². The first kappa shape index (κ1) is 41.1. The minimum absolute atomic E-state index is 0.0201. The van der Waals surface area contributed by atoms with Gasteiger partial charge in [-0.2, -0.15) is 0 Å². The van der Waals surface area contributed by atoms with Crippen LogP contribution in [0.15, 0.2) is 25.3 Å². The SMILES string of the molecule is C=CC(=O)OCCCCCCC1COC(C2CCC(C3CCC(COCCOC)CC3)CC2)OC1.C=CC=O.COCCC=O. The summed E-state index contributed by atoms with van der Waals surface area (Å²) in [4.78, 5) is 29.6. The molecular weight excluding hydrogens is 576 g/mol. The summed E-state index contributed by atoms with van der Waals surface area (Å²) >= 11 is 0. The van der Waals surface area contributed by atoms with E-state index in [-0.39, 0.29) is 12.3 Å². The van der Waals surface area contributed by atoms with E-state index in [1.807, 2.05) is 0 Å². The Labute approximate surface area is 272 Å². The lowest BCUT2D eigenvalue weighted by Gasteiger charge is -2.41. The summed E-state index contributed by atoms with van der Waals surface area (Å²) in [5.41, 5.74) is 0. The van der Waals surface area contributed by atoms with E-state index in [9.17, 15) is 9.59 Å². The van der Waals surface area contributed by atoms with Gasteiger partial charge in [0.2, 0.25) is 0 Å². The van der Waals surface area contributed by atoms with Gasteiger partial charge in [-0.15, -0.1) is 0 Å². The van der Waals surface area contributed by atoms with Gasteiger partial charge in [0.25, 0.3) is 0 Å². The number of carbonyl (C=O) groups excluding carboxylic acids is 3. The van der Waals surface area contributed by atoms with Crippen molar-refractivity contribution in [2.45, 2.75) is 96.2 Å². The molecular formula is C36H62O9. The Kier molecular flexibility index (Phi) is 25.9. The number of allylic oxidation sites excluding steroid dienone is 1. The van der Waals surface area contributed by atoms with E-state index in [0.717, 1.165) is 69.7 Å². The van der Waals surface area contributed by atoms with E-state index < -0.39 is 0 Å². The molecule has 2 saturated carbocycles. The first-order valence-corrected chi connectivity index (χ1v) is 17.1. The highest BCUT2D eigenvalue weighted by Gasteiger charge is 2.35. The van der Waals surface area contributed by atoms with Crippen molar-refractivity contribution in [2.24, 2.45) is 29.6 Å². The molecule has 9 nitrogen and oxygen atoms in total. The van der Waals surface area contributed by atoms with Gasteiger partial charge in [-0.25, -0.2) is 4.79 Å². The second-order valence-corrected chi connectivity index (χ2v) is 12.3. The standard InChI is InChI=1S/C29H50O6.C4H8O2.C3H4O/c1-3-28(30)33-17-7-5-4-6-8-24-21-34-29(35-22-24)27-15-13-26(14-16-27)25-11-9-23(10-12-25)20-32-19-18-31-2;1-6-4-2-3-5;1-2-3-4/h3,23-27,29H,1,4-22H2,2H3;3H,2,4H2,1H3;2-3H,1H2. The number of aldehydes is 2. The average molecular weight is 639 g/mol. The summed E-state index contributed by atoms with van der Waals surface area (Å²) in [5, 5.41) is 0. The molecule has 45 heavy (non-hydrogen) atoms.